The summed E-state index contributed by atoms with van der Waals surface area (Å²) in [7, 11) is 0. The summed E-state index contributed by atoms with van der Waals surface area (Å²) in [5, 5.41) is 34.6. The van der Waals surface area contributed by atoms with Crippen molar-refractivity contribution in [2.75, 3.05) is 6.61 Å². The molecule has 10 atom stereocenters. The van der Waals surface area contributed by atoms with Crippen LogP contribution >= 0.6 is 0 Å². The van der Waals surface area contributed by atoms with Crippen molar-refractivity contribution in [2.45, 2.75) is 150 Å². The van der Waals surface area contributed by atoms with Crippen LogP contribution in [0.1, 0.15) is 127 Å². The average molecular weight is 507 g/mol. The number of hydrogen-bond donors (Lipinski definition) is 3. The molecule has 210 valence electrons. The second-order valence-corrected chi connectivity index (χ2v) is 15.7. The summed E-state index contributed by atoms with van der Waals surface area (Å²) in [6, 6.07) is 0. The monoisotopic (exact) mass is 506 g/mol. The Hall–Kier alpha value is -0.160. The molecule has 0 heterocycles. The third-order valence-corrected chi connectivity index (χ3v) is 13.2. The van der Waals surface area contributed by atoms with Crippen molar-refractivity contribution >= 4 is 0 Å². The molecule has 3 N–H and O–H groups in total. The zero-order valence-corrected chi connectivity index (χ0v) is 25.0. The lowest BCUT2D eigenvalue weighted by Crippen LogP contribution is -2.66. The molecule has 0 aromatic rings. The Bertz CT molecular complexity index is 804. The van der Waals surface area contributed by atoms with Gasteiger partial charge in [-0.2, -0.15) is 0 Å². The Morgan fingerprint density at radius 1 is 0.833 bits per heavy atom. The van der Waals surface area contributed by atoms with Gasteiger partial charge in [0.1, 0.15) is 0 Å². The standard InChI is InChI=1S/C32H58O4/c1-10-36-27(2,3)15-11-16-32(9,35)21-12-18-31(8)26(21)22(33)20-24-29(6)17-14-25(34)28(4,5)23(29)13-19-30(24,31)7/h21-26,33-35H,10-20H2,1-9H3/t21-,22+,23-,24+,25-,26-,29-,30+,31+,32+/m0/s1. The SMILES string of the molecule is CCOC(C)(C)CCC[C@@](C)(O)[C@H]1CC[C@]2(C)[C@@H]1[C@H](O)C[C@@H]1[C@@]3(C)CC[C@H](O)C(C)(C)[C@@H]3CC[C@]12C. The van der Waals surface area contributed by atoms with E-state index < -0.39 is 5.60 Å². The summed E-state index contributed by atoms with van der Waals surface area (Å²) in [5.41, 5.74) is -0.669. The third-order valence-electron chi connectivity index (χ3n) is 13.2. The second-order valence-electron chi connectivity index (χ2n) is 15.7. The van der Waals surface area contributed by atoms with E-state index >= 15 is 0 Å². The number of aliphatic hydroxyl groups excluding tert-OH is 2. The van der Waals surface area contributed by atoms with E-state index in [1.165, 1.54) is 12.8 Å². The van der Waals surface area contributed by atoms with Crippen LogP contribution in [-0.2, 0) is 4.74 Å². The molecule has 36 heavy (non-hydrogen) atoms. The Kier molecular flexibility index (Phi) is 7.37. The van der Waals surface area contributed by atoms with Gasteiger partial charge in [-0.1, -0.05) is 34.6 Å². The predicted molar refractivity (Wildman–Crippen MR) is 147 cm³/mol. The molecule has 4 fully saturated rings. The zero-order valence-electron chi connectivity index (χ0n) is 25.0. The summed E-state index contributed by atoms with van der Waals surface area (Å²) in [6.45, 7) is 21.1. The Morgan fingerprint density at radius 2 is 1.47 bits per heavy atom. The van der Waals surface area contributed by atoms with Gasteiger partial charge in [-0.25, -0.2) is 0 Å². The van der Waals surface area contributed by atoms with Gasteiger partial charge in [0.15, 0.2) is 0 Å². The van der Waals surface area contributed by atoms with Gasteiger partial charge in [0.25, 0.3) is 0 Å². The van der Waals surface area contributed by atoms with Crippen molar-refractivity contribution < 1.29 is 20.1 Å². The van der Waals surface area contributed by atoms with Crippen LogP contribution in [0.15, 0.2) is 0 Å². The smallest absolute Gasteiger partial charge is 0.0651 e. The maximum Gasteiger partial charge on any atom is 0.0651 e. The van der Waals surface area contributed by atoms with Crippen molar-refractivity contribution in [1.29, 1.82) is 0 Å². The van der Waals surface area contributed by atoms with E-state index in [1.54, 1.807) is 0 Å². The van der Waals surface area contributed by atoms with Gasteiger partial charge in [0, 0.05) is 6.61 Å². The Labute approximate surface area is 222 Å². The molecule has 4 nitrogen and oxygen atoms in total. The van der Waals surface area contributed by atoms with E-state index in [9.17, 15) is 15.3 Å². The molecule has 0 saturated heterocycles. The molecule has 0 radical (unpaired) electrons. The molecule has 0 amide bonds. The molecule has 0 unspecified atom stereocenters. The Morgan fingerprint density at radius 3 is 2.11 bits per heavy atom. The van der Waals surface area contributed by atoms with E-state index in [1.807, 2.05) is 13.8 Å². The van der Waals surface area contributed by atoms with E-state index in [2.05, 4.69) is 48.5 Å². The number of hydrogen-bond acceptors (Lipinski definition) is 4. The topological polar surface area (TPSA) is 69.9 Å². The first kappa shape index (κ1) is 28.8. The summed E-state index contributed by atoms with van der Waals surface area (Å²) in [4.78, 5) is 0. The maximum absolute atomic E-state index is 11.9. The van der Waals surface area contributed by atoms with Crippen LogP contribution in [0.2, 0.25) is 0 Å². The van der Waals surface area contributed by atoms with Crippen LogP contribution in [0.25, 0.3) is 0 Å². The quantitative estimate of drug-likeness (QED) is 0.358. The van der Waals surface area contributed by atoms with E-state index in [-0.39, 0.29) is 51.3 Å². The van der Waals surface area contributed by atoms with Gasteiger partial charge < -0.3 is 20.1 Å². The number of ether oxygens (including phenoxy) is 1. The molecule has 4 aliphatic carbocycles. The van der Waals surface area contributed by atoms with Crippen LogP contribution in [0.3, 0.4) is 0 Å². The summed E-state index contributed by atoms with van der Waals surface area (Å²) < 4.78 is 5.90. The fraction of sp³-hybridized carbons (Fsp3) is 1.00. The summed E-state index contributed by atoms with van der Waals surface area (Å²) in [5.74, 6) is 1.24. The highest BCUT2D eigenvalue weighted by molar-refractivity contribution is 5.20. The molecule has 4 aliphatic rings. The fourth-order valence-corrected chi connectivity index (χ4v) is 11.0. The predicted octanol–water partition coefficient (Wildman–Crippen LogP) is 6.74. The lowest BCUT2D eigenvalue weighted by Gasteiger charge is -2.70. The van der Waals surface area contributed by atoms with Gasteiger partial charge in [-0.3, -0.25) is 0 Å². The van der Waals surface area contributed by atoms with Crippen LogP contribution in [0, 0.1) is 45.3 Å². The molecule has 4 heteroatoms. The van der Waals surface area contributed by atoms with Gasteiger partial charge in [0.05, 0.1) is 23.4 Å². The molecule has 4 saturated carbocycles. The molecule has 4 rings (SSSR count). The molecule has 0 aromatic heterocycles. The lowest BCUT2D eigenvalue weighted by atomic mass is 9.35. The lowest BCUT2D eigenvalue weighted by molar-refractivity contribution is -0.246. The van der Waals surface area contributed by atoms with Crippen molar-refractivity contribution in [1.82, 2.24) is 0 Å². The van der Waals surface area contributed by atoms with E-state index in [0.717, 1.165) is 51.4 Å². The highest BCUT2D eigenvalue weighted by Crippen LogP contribution is 2.75. The molecule has 0 aromatic carbocycles. The Balaban J connectivity index is 1.58. The van der Waals surface area contributed by atoms with Crippen molar-refractivity contribution in [2.24, 2.45) is 45.3 Å². The fourth-order valence-electron chi connectivity index (χ4n) is 11.0. The first-order valence-electron chi connectivity index (χ1n) is 15.2. The van der Waals surface area contributed by atoms with Crippen LogP contribution in [0.5, 0.6) is 0 Å². The van der Waals surface area contributed by atoms with E-state index in [0.29, 0.717) is 18.4 Å². The van der Waals surface area contributed by atoms with Crippen LogP contribution < -0.4 is 0 Å². The minimum Gasteiger partial charge on any atom is -0.393 e. The highest BCUT2D eigenvalue weighted by Gasteiger charge is 2.71. The van der Waals surface area contributed by atoms with Crippen molar-refractivity contribution in [3.05, 3.63) is 0 Å². The van der Waals surface area contributed by atoms with Gasteiger partial charge in [-0.15, -0.1) is 0 Å². The van der Waals surface area contributed by atoms with Crippen LogP contribution in [-0.4, -0.2) is 45.3 Å². The molecule has 0 aliphatic heterocycles. The highest BCUT2D eigenvalue weighted by atomic mass is 16.5. The van der Waals surface area contributed by atoms with Crippen LogP contribution in [0.4, 0.5) is 0 Å². The molecular formula is C32H58O4. The van der Waals surface area contributed by atoms with E-state index in [4.69, 9.17) is 4.74 Å². The molecular weight excluding hydrogens is 448 g/mol. The number of fused-ring (bicyclic) bond motifs is 5. The summed E-state index contributed by atoms with van der Waals surface area (Å²) in [6.07, 6.45) is 9.28. The maximum atomic E-state index is 11.9. The number of aliphatic hydroxyl groups is 3. The summed E-state index contributed by atoms with van der Waals surface area (Å²) >= 11 is 0. The van der Waals surface area contributed by atoms with Gasteiger partial charge in [-0.05, 0) is 137 Å². The normalized spacial score (nSPS) is 48.0. The zero-order chi connectivity index (χ0) is 26.9. The average Bonchev–Trinajstić information content (AvgIpc) is 3.13. The second kappa shape index (κ2) is 9.20. The minimum absolute atomic E-state index is 0.0305. The first-order chi connectivity index (χ1) is 16.5. The van der Waals surface area contributed by atoms with Crippen molar-refractivity contribution in [3.63, 3.8) is 0 Å². The molecule has 0 spiro atoms. The third kappa shape index (κ3) is 4.23. The van der Waals surface area contributed by atoms with Gasteiger partial charge >= 0.3 is 0 Å². The molecule has 0 bridgehead atoms. The number of rotatable bonds is 7. The van der Waals surface area contributed by atoms with Crippen molar-refractivity contribution in [3.8, 4) is 0 Å². The largest absolute Gasteiger partial charge is 0.393 e. The minimum atomic E-state index is -0.771. The van der Waals surface area contributed by atoms with Gasteiger partial charge in [0.2, 0.25) is 0 Å². The first-order valence-corrected chi connectivity index (χ1v) is 15.2.